The van der Waals surface area contributed by atoms with E-state index in [0.29, 0.717) is 6.54 Å². The molecule has 1 aliphatic heterocycles. The van der Waals surface area contributed by atoms with Gasteiger partial charge in [0.1, 0.15) is 17.7 Å². The number of ether oxygens (including phenoxy) is 2. The molecule has 2 aromatic carbocycles. The second-order valence-electron chi connectivity index (χ2n) is 15.7. The number of likely N-dealkylation sites (tertiary alicyclic amines) is 1. The van der Waals surface area contributed by atoms with Gasteiger partial charge in [0.15, 0.2) is 5.78 Å². The molecule has 3 aromatic heterocycles. The molecule has 1 saturated heterocycles. The molecule has 1 aliphatic carbocycles. The number of nitrogens with zero attached hydrogens (tertiary/aromatic N) is 3. The number of benzene rings is 2. The third kappa shape index (κ3) is 8.32. The molecule has 3 amide bonds. The fourth-order valence-electron chi connectivity index (χ4n) is 8.28. The van der Waals surface area contributed by atoms with Gasteiger partial charge in [-0.2, -0.15) is 0 Å². The predicted molar refractivity (Wildman–Crippen MR) is 220 cm³/mol. The number of aromatic nitrogens is 4. The van der Waals surface area contributed by atoms with E-state index in [1.807, 2.05) is 44.9 Å². The quantitative estimate of drug-likeness (QED) is 0.0979. The average Bonchev–Trinajstić information content (AvgIpc) is 4.06. The number of hydrogen-bond donors (Lipinski definition) is 4. The van der Waals surface area contributed by atoms with E-state index in [1.165, 1.54) is 14.2 Å². The fraction of sp³-hybridized carbons (Fsp3) is 0.442. The van der Waals surface area contributed by atoms with Gasteiger partial charge in [0.25, 0.3) is 0 Å². The zero-order chi connectivity index (χ0) is 40.4. The first-order valence-electron chi connectivity index (χ1n) is 19.7. The lowest BCUT2D eigenvalue weighted by molar-refractivity contribution is -0.135. The molecule has 0 bridgehead atoms. The van der Waals surface area contributed by atoms with Crippen molar-refractivity contribution in [1.29, 1.82) is 0 Å². The van der Waals surface area contributed by atoms with E-state index < -0.39 is 24.3 Å². The van der Waals surface area contributed by atoms with Crippen LogP contribution in [0.5, 0.6) is 0 Å². The summed E-state index contributed by atoms with van der Waals surface area (Å²) in [4.78, 5) is 71.9. The number of rotatable bonds is 12. The van der Waals surface area contributed by atoms with Crippen LogP contribution >= 0.6 is 11.3 Å². The number of aromatic amines is 2. The van der Waals surface area contributed by atoms with Crippen LogP contribution in [0.4, 0.5) is 9.59 Å². The minimum Gasteiger partial charge on any atom is -0.453 e. The van der Waals surface area contributed by atoms with E-state index in [1.54, 1.807) is 11.3 Å². The third-order valence-electron chi connectivity index (χ3n) is 11.4. The van der Waals surface area contributed by atoms with Crippen molar-refractivity contribution in [3.8, 4) is 32.1 Å². The number of carbonyl (C=O) groups excluding carboxylic acids is 4. The summed E-state index contributed by atoms with van der Waals surface area (Å²) in [6.45, 7) is 8.27. The van der Waals surface area contributed by atoms with Gasteiger partial charge in [-0.15, -0.1) is 11.3 Å². The van der Waals surface area contributed by atoms with Crippen LogP contribution < -0.4 is 10.6 Å². The van der Waals surface area contributed by atoms with Crippen molar-refractivity contribution in [3.63, 3.8) is 0 Å². The number of imidazole rings is 2. The normalized spacial score (nSPS) is 19.2. The highest BCUT2D eigenvalue weighted by Gasteiger charge is 2.41. The van der Waals surface area contributed by atoms with E-state index in [0.717, 1.165) is 86.9 Å². The van der Waals surface area contributed by atoms with Crippen molar-refractivity contribution in [2.24, 2.45) is 17.8 Å². The first-order chi connectivity index (χ1) is 27.4. The molecule has 7 rings (SSSR count). The summed E-state index contributed by atoms with van der Waals surface area (Å²) in [5, 5.41) is 5.45. The Hall–Kier alpha value is -5.50. The highest BCUT2D eigenvalue weighted by molar-refractivity contribution is 7.18. The first kappa shape index (κ1) is 39.7. The highest BCUT2D eigenvalue weighted by Crippen LogP contribution is 2.41. The number of ketones is 1. The molecule has 13 nitrogen and oxygen atoms in total. The fourth-order valence-corrected chi connectivity index (χ4v) is 9.29. The van der Waals surface area contributed by atoms with Crippen molar-refractivity contribution < 1.29 is 28.7 Å². The van der Waals surface area contributed by atoms with Gasteiger partial charge in [0, 0.05) is 28.1 Å². The van der Waals surface area contributed by atoms with Gasteiger partial charge in [0.05, 0.1) is 49.2 Å². The lowest BCUT2D eigenvalue weighted by Crippen LogP contribution is -2.51. The molecule has 4 N–H and O–H groups in total. The number of thiophene rings is 1. The third-order valence-corrected chi connectivity index (χ3v) is 12.6. The van der Waals surface area contributed by atoms with E-state index in [-0.39, 0.29) is 41.4 Å². The zero-order valence-corrected chi connectivity index (χ0v) is 34.1. The molecule has 57 heavy (non-hydrogen) atoms. The Kier molecular flexibility index (Phi) is 11.8. The summed E-state index contributed by atoms with van der Waals surface area (Å²) >= 11 is 1.71. The van der Waals surface area contributed by atoms with Crippen LogP contribution in [0.3, 0.4) is 0 Å². The van der Waals surface area contributed by atoms with Crippen LogP contribution in [0.2, 0.25) is 0 Å². The maximum absolute atomic E-state index is 13.6. The van der Waals surface area contributed by atoms with Crippen molar-refractivity contribution >= 4 is 46.2 Å². The molecule has 2 fully saturated rings. The molecule has 5 atom stereocenters. The lowest BCUT2D eigenvalue weighted by Gasteiger charge is -2.29. The Morgan fingerprint density at radius 1 is 0.772 bits per heavy atom. The van der Waals surface area contributed by atoms with Gasteiger partial charge < -0.3 is 35.0 Å². The Morgan fingerprint density at radius 2 is 1.42 bits per heavy atom. The highest BCUT2D eigenvalue weighted by atomic mass is 32.1. The summed E-state index contributed by atoms with van der Waals surface area (Å²) in [6.07, 6.45) is 4.80. The maximum atomic E-state index is 13.6. The lowest BCUT2D eigenvalue weighted by atomic mass is 9.84. The number of fused-ring (bicyclic) bond motifs is 1. The van der Waals surface area contributed by atoms with Crippen LogP contribution in [-0.2, 0) is 19.1 Å². The van der Waals surface area contributed by atoms with E-state index in [2.05, 4.69) is 69.1 Å². The summed E-state index contributed by atoms with van der Waals surface area (Å²) in [6, 6.07) is 17.4. The minimum atomic E-state index is -0.687. The molecule has 0 spiro atoms. The summed E-state index contributed by atoms with van der Waals surface area (Å²) < 4.78 is 9.55. The Bertz CT molecular complexity index is 2240. The largest absolute Gasteiger partial charge is 0.453 e. The van der Waals surface area contributed by atoms with Gasteiger partial charge in [0.2, 0.25) is 5.91 Å². The molecule has 5 aromatic rings. The number of carbonyl (C=O) groups is 4. The number of hydrogen-bond acceptors (Lipinski definition) is 9. The smallest absolute Gasteiger partial charge is 0.407 e. The minimum absolute atomic E-state index is 0.0288. The second-order valence-corrected chi connectivity index (χ2v) is 16.8. The van der Waals surface area contributed by atoms with Crippen LogP contribution in [0.15, 0.2) is 60.8 Å². The van der Waals surface area contributed by atoms with Gasteiger partial charge in [-0.05, 0) is 78.5 Å². The van der Waals surface area contributed by atoms with Crippen LogP contribution in [0.25, 0.3) is 43.2 Å². The van der Waals surface area contributed by atoms with Crippen LogP contribution in [0, 0.1) is 17.8 Å². The van der Waals surface area contributed by atoms with Gasteiger partial charge in [-0.1, -0.05) is 64.4 Å². The van der Waals surface area contributed by atoms with Crippen molar-refractivity contribution in [1.82, 2.24) is 35.5 Å². The van der Waals surface area contributed by atoms with Gasteiger partial charge >= 0.3 is 12.2 Å². The predicted octanol–water partition coefficient (Wildman–Crippen LogP) is 8.23. The van der Waals surface area contributed by atoms with Crippen LogP contribution in [0.1, 0.15) is 83.4 Å². The van der Waals surface area contributed by atoms with Crippen molar-refractivity contribution in [2.45, 2.75) is 83.8 Å². The molecule has 0 radical (unpaired) electrons. The monoisotopic (exact) mass is 793 g/mol. The number of H-pyrrole nitrogens is 2. The van der Waals surface area contributed by atoms with E-state index in [4.69, 9.17) is 19.4 Å². The number of amides is 3. The standard InChI is InChI=1S/C43H51N7O6S/c1-23(2)36(48-42(53)55-5)38(51)28-9-7-10-29(28)39-44-22-32(47-39)25-12-14-26(15-13-25)34-18-19-35(57-34)27-16-17-30-31(21-27)46-40(45-30)33-11-8-20-50(33)41(52)37(24(3)4)49-43(54)56-6/h12-19,21-24,28-29,33,36-37H,7-11,20H2,1-6H3,(H,44,47)(H,45,46)(H,48,53)(H,49,54)/t28?,29-,33+,36+,37+/m1/s1. The SMILES string of the molecule is COC(=O)N[C@H](C(=O)C1CCC[C@H]1c1ncc(-c2ccc(-c3ccc(-c4ccc5nc([C@@H]6CCCN6C(=O)[C@@H](NC(=O)OC)C(C)C)[nH]c5c4)s3)cc2)[nH]1)C(C)C. The van der Waals surface area contributed by atoms with Crippen LogP contribution in [-0.4, -0.2) is 81.6 Å². The van der Waals surface area contributed by atoms with Crippen molar-refractivity contribution in [3.05, 3.63) is 72.4 Å². The number of Topliss-reactive ketones (excluding diaryl/α,β-unsaturated/α-hetero) is 1. The van der Waals surface area contributed by atoms with E-state index in [9.17, 15) is 19.2 Å². The maximum Gasteiger partial charge on any atom is 0.407 e. The van der Waals surface area contributed by atoms with Gasteiger partial charge in [-0.3, -0.25) is 9.59 Å². The molecule has 2 aliphatic rings. The van der Waals surface area contributed by atoms with Crippen molar-refractivity contribution in [2.75, 3.05) is 20.8 Å². The Morgan fingerprint density at radius 3 is 2.11 bits per heavy atom. The Labute approximate surface area is 336 Å². The summed E-state index contributed by atoms with van der Waals surface area (Å²) in [5.41, 5.74) is 5.81. The molecule has 4 heterocycles. The molecule has 1 unspecified atom stereocenters. The topological polar surface area (TPSA) is 171 Å². The Balaban J connectivity index is 1.03. The molecule has 1 saturated carbocycles. The molecular formula is C43H51N7O6S. The molecule has 14 heteroatoms. The molecular weight excluding hydrogens is 743 g/mol. The second kappa shape index (κ2) is 16.9. The zero-order valence-electron chi connectivity index (χ0n) is 33.3. The van der Waals surface area contributed by atoms with Gasteiger partial charge in [-0.25, -0.2) is 19.6 Å². The summed E-state index contributed by atoms with van der Waals surface area (Å²) in [7, 11) is 2.60. The van der Waals surface area contributed by atoms with E-state index >= 15 is 0 Å². The number of alkyl carbamates (subject to hydrolysis) is 2. The first-order valence-corrected chi connectivity index (χ1v) is 20.6. The average molecular weight is 794 g/mol. The molecule has 300 valence electrons. The number of nitrogens with one attached hydrogen (secondary N) is 4. The summed E-state index contributed by atoms with van der Waals surface area (Å²) in [5.74, 6) is 1.01. The number of methoxy groups -OCH3 is 2.